The second-order valence-electron chi connectivity index (χ2n) is 6.97. The van der Waals surface area contributed by atoms with Gasteiger partial charge in [-0.15, -0.1) is 0 Å². The third-order valence-electron chi connectivity index (χ3n) is 4.42. The topological polar surface area (TPSA) is 39.1 Å². The molecule has 0 bridgehead atoms. The third-order valence-corrected chi connectivity index (χ3v) is 4.42. The van der Waals surface area contributed by atoms with Crippen molar-refractivity contribution in [1.29, 1.82) is 5.26 Å². The zero-order valence-electron chi connectivity index (χ0n) is 14.1. The maximum absolute atomic E-state index is 9.52. The van der Waals surface area contributed by atoms with Gasteiger partial charge in [-0.2, -0.15) is 5.26 Å². The Hall–Kier alpha value is -0.590. The van der Waals surface area contributed by atoms with E-state index >= 15 is 0 Å². The van der Waals surface area contributed by atoms with Gasteiger partial charge in [0.15, 0.2) is 0 Å². The first-order valence-corrected chi connectivity index (χ1v) is 8.36. The van der Waals surface area contributed by atoms with Crippen LogP contribution in [0.5, 0.6) is 0 Å². The van der Waals surface area contributed by atoms with E-state index in [1.165, 1.54) is 38.6 Å². The fraction of sp³-hybridized carbons (Fsp3) is 0.941. The quantitative estimate of drug-likeness (QED) is 0.772. The smallest absolute Gasteiger partial charge is 0.105 e. The predicted molar refractivity (Wildman–Crippen MR) is 85.6 cm³/mol. The Morgan fingerprint density at radius 2 is 2.05 bits per heavy atom. The molecule has 0 spiro atoms. The highest BCUT2D eigenvalue weighted by Crippen LogP contribution is 2.26. The number of nitrogens with zero attached hydrogens (tertiary/aromatic N) is 2. The largest absolute Gasteiger partial charge is 0.298 e. The number of nitrogens with one attached hydrogen (secondary N) is 1. The van der Waals surface area contributed by atoms with Gasteiger partial charge in [0.2, 0.25) is 0 Å². The highest BCUT2D eigenvalue weighted by Gasteiger charge is 2.32. The first-order valence-electron chi connectivity index (χ1n) is 8.36. The average molecular weight is 279 g/mol. The molecule has 0 saturated carbocycles. The summed E-state index contributed by atoms with van der Waals surface area (Å²) < 4.78 is 0. The second-order valence-corrected chi connectivity index (χ2v) is 6.97. The van der Waals surface area contributed by atoms with Crippen LogP contribution in [0.1, 0.15) is 73.1 Å². The van der Waals surface area contributed by atoms with E-state index in [1.54, 1.807) is 0 Å². The fourth-order valence-electron chi connectivity index (χ4n) is 3.73. The summed E-state index contributed by atoms with van der Waals surface area (Å²) in [5.74, 6) is 0. The van der Waals surface area contributed by atoms with Crippen LogP contribution in [-0.4, -0.2) is 35.1 Å². The van der Waals surface area contributed by atoms with Gasteiger partial charge in [0.05, 0.1) is 6.07 Å². The molecule has 3 atom stereocenters. The Labute approximate surface area is 125 Å². The third kappa shape index (κ3) is 5.07. The van der Waals surface area contributed by atoms with Crippen LogP contribution in [0.3, 0.4) is 0 Å². The summed E-state index contributed by atoms with van der Waals surface area (Å²) in [6.45, 7) is 12.0. The maximum Gasteiger partial charge on any atom is 0.105 e. The Kier molecular flexibility index (Phi) is 6.99. The lowest BCUT2D eigenvalue weighted by molar-refractivity contribution is 0.0808. The first kappa shape index (κ1) is 17.5. The van der Waals surface area contributed by atoms with Gasteiger partial charge in [0.25, 0.3) is 0 Å². The molecular weight excluding hydrogens is 246 g/mol. The number of rotatable bonds is 7. The Morgan fingerprint density at radius 3 is 2.60 bits per heavy atom. The molecule has 0 aromatic heterocycles. The van der Waals surface area contributed by atoms with Crippen molar-refractivity contribution in [3.05, 3.63) is 0 Å². The van der Waals surface area contributed by atoms with Crippen molar-refractivity contribution in [3.63, 3.8) is 0 Å². The minimum atomic E-state index is -0.415. The van der Waals surface area contributed by atoms with Gasteiger partial charge >= 0.3 is 0 Å². The predicted octanol–water partition coefficient (Wildman–Crippen LogP) is 3.70. The molecule has 3 nitrogen and oxygen atoms in total. The van der Waals surface area contributed by atoms with Crippen LogP contribution in [0.2, 0.25) is 0 Å². The normalized spacial score (nSPS) is 25.1. The van der Waals surface area contributed by atoms with E-state index in [-0.39, 0.29) is 0 Å². The second kappa shape index (κ2) is 8.00. The molecule has 0 radical (unpaired) electrons. The zero-order valence-corrected chi connectivity index (χ0v) is 14.1. The molecule has 1 aliphatic rings. The van der Waals surface area contributed by atoms with Crippen molar-refractivity contribution in [1.82, 2.24) is 10.2 Å². The van der Waals surface area contributed by atoms with E-state index in [0.29, 0.717) is 12.1 Å². The fourth-order valence-corrected chi connectivity index (χ4v) is 3.73. The summed E-state index contributed by atoms with van der Waals surface area (Å²) in [7, 11) is 0. The Bertz CT molecular complexity index is 319. The molecular formula is C17H33N3. The summed E-state index contributed by atoms with van der Waals surface area (Å²) in [4.78, 5) is 2.66. The maximum atomic E-state index is 9.52. The van der Waals surface area contributed by atoms with E-state index in [9.17, 15) is 5.26 Å². The van der Waals surface area contributed by atoms with E-state index in [2.05, 4.69) is 44.0 Å². The molecule has 116 valence electrons. The van der Waals surface area contributed by atoms with E-state index < -0.39 is 5.54 Å². The lowest BCUT2D eigenvalue weighted by atomic mass is 9.90. The highest BCUT2D eigenvalue weighted by atomic mass is 15.2. The minimum absolute atomic E-state index is 0.347. The summed E-state index contributed by atoms with van der Waals surface area (Å²) in [6.07, 6.45) is 7.47. The van der Waals surface area contributed by atoms with Crippen molar-refractivity contribution >= 4 is 0 Å². The lowest BCUT2D eigenvalue weighted by Crippen LogP contribution is -2.52. The van der Waals surface area contributed by atoms with Gasteiger partial charge in [0.1, 0.15) is 5.54 Å². The standard InChI is InChI=1S/C17H33N3/c1-6-9-16-10-7-8-11-20(16)15(4)12-17(5,13-18)19-14(2)3/h14-16,19H,6-12H2,1-5H3. The number of nitriles is 1. The Balaban J connectivity index is 2.67. The van der Waals surface area contributed by atoms with E-state index in [4.69, 9.17) is 0 Å². The van der Waals surface area contributed by atoms with E-state index in [1.807, 2.05) is 6.92 Å². The number of likely N-dealkylation sites (tertiary alicyclic amines) is 1. The molecule has 3 heteroatoms. The molecule has 3 unspecified atom stereocenters. The molecule has 0 aromatic rings. The molecule has 1 fully saturated rings. The number of hydrogen-bond acceptors (Lipinski definition) is 3. The average Bonchev–Trinajstić information content (AvgIpc) is 2.38. The highest BCUT2D eigenvalue weighted by molar-refractivity contribution is 5.06. The molecule has 1 rings (SSSR count). The van der Waals surface area contributed by atoms with Crippen molar-refractivity contribution in [2.45, 2.75) is 96.8 Å². The summed E-state index contributed by atoms with van der Waals surface area (Å²) in [5, 5.41) is 13.0. The van der Waals surface area contributed by atoms with Gasteiger partial charge in [-0.05, 0) is 59.9 Å². The molecule has 1 N–H and O–H groups in total. The van der Waals surface area contributed by atoms with Crippen LogP contribution in [0, 0.1) is 11.3 Å². The SMILES string of the molecule is CCCC1CCCCN1C(C)CC(C)(C#N)NC(C)C. The molecule has 1 aliphatic heterocycles. The minimum Gasteiger partial charge on any atom is -0.298 e. The lowest BCUT2D eigenvalue weighted by Gasteiger charge is -2.42. The van der Waals surface area contributed by atoms with Gasteiger partial charge in [-0.25, -0.2) is 0 Å². The molecule has 0 aromatic carbocycles. The summed E-state index contributed by atoms with van der Waals surface area (Å²) in [5.41, 5.74) is -0.415. The molecule has 0 aliphatic carbocycles. The van der Waals surface area contributed by atoms with Gasteiger partial charge in [0, 0.05) is 18.1 Å². The van der Waals surface area contributed by atoms with Crippen LogP contribution in [-0.2, 0) is 0 Å². The van der Waals surface area contributed by atoms with Crippen LogP contribution in [0.25, 0.3) is 0 Å². The zero-order chi connectivity index (χ0) is 15.2. The van der Waals surface area contributed by atoms with Gasteiger partial charge in [-0.3, -0.25) is 10.2 Å². The van der Waals surface area contributed by atoms with Crippen molar-refractivity contribution in [2.24, 2.45) is 0 Å². The number of piperidine rings is 1. The molecule has 20 heavy (non-hydrogen) atoms. The van der Waals surface area contributed by atoms with Gasteiger partial charge < -0.3 is 0 Å². The monoisotopic (exact) mass is 279 g/mol. The molecule has 0 amide bonds. The number of hydrogen-bond donors (Lipinski definition) is 1. The Morgan fingerprint density at radius 1 is 1.35 bits per heavy atom. The molecule has 1 heterocycles. The van der Waals surface area contributed by atoms with Crippen LogP contribution < -0.4 is 5.32 Å². The van der Waals surface area contributed by atoms with Crippen molar-refractivity contribution in [3.8, 4) is 6.07 Å². The van der Waals surface area contributed by atoms with Crippen LogP contribution in [0.4, 0.5) is 0 Å². The van der Waals surface area contributed by atoms with Crippen molar-refractivity contribution < 1.29 is 0 Å². The summed E-state index contributed by atoms with van der Waals surface area (Å²) in [6, 6.07) is 4.04. The van der Waals surface area contributed by atoms with E-state index in [0.717, 1.165) is 12.5 Å². The van der Waals surface area contributed by atoms with Crippen LogP contribution in [0.15, 0.2) is 0 Å². The first-order chi connectivity index (χ1) is 9.41. The summed E-state index contributed by atoms with van der Waals surface area (Å²) >= 11 is 0. The van der Waals surface area contributed by atoms with Crippen LogP contribution >= 0.6 is 0 Å². The van der Waals surface area contributed by atoms with Gasteiger partial charge in [-0.1, -0.05) is 19.8 Å². The molecule has 1 saturated heterocycles. The van der Waals surface area contributed by atoms with Crippen molar-refractivity contribution in [2.75, 3.05) is 6.54 Å².